The lowest BCUT2D eigenvalue weighted by Gasteiger charge is -2.31. The topological polar surface area (TPSA) is 91.3 Å². The first-order valence-corrected chi connectivity index (χ1v) is 15.5. The van der Waals surface area contributed by atoms with Crippen LogP contribution in [-0.4, -0.2) is 54.9 Å². The van der Waals surface area contributed by atoms with Gasteiger partial charge in [0.1, 0.15) is 5.78 Å². The van der Waals surface area contributed by atoms with E-state index in [1.54, 1.807) is 0 Å². The molecule has 0 radical (unpaired) electrons. The molecule has 8 atom stereocenters. The van der Waals surface area contributed by atoms with E-state index in [2.05, 4.69) is 38.2 Å². The molecule has 7 nitrogen and oxygen atoms in total. The maximum atomic E-state index is 13.2. The Balaban J connectivity index is 1.74. The first-order valence-electron chi connectivity index (χ1n) is 15.5. The number of hydrogen-bond acceptors (Lipinski definition) is 6. The molecule has 0 aromatic rings. The molecule has 222 valence electrons. The van der Waals surface area contributed by atoms with Crippen molar-refractivity contribution in [1.82, 2.24) is 0 Å². The summed E-state index contributed by atoms with van der Waals surface area (Å²) >= 11 is 0. The highest BCUT2D eigenvalue weighted by Crippen LogP contribution is 2.37. The van der Waals surface area contributed by atoms with Crippen molar-refractivity contribution < 1.29 is 33.6 Å². The molecule has 0 aromatic carbocycles. The van der Waals surface area contributed by atoms with Gasteiger partial charge in [0.15, 0.2) is 12.6 Å². The van der Waals surface area contributed by atoms with Crippen molar-refractivity contribution in [3.63, 3.8) is 0 Å². The number of ketones is 1. The fourth-order valence-corrected chi connectivity index (χ4v) is 5.85. The zero-order valence-corrected chi connectivity index (χ0v) is 24.4. The summed E-state index contributed by atoms with van der Waals surface area (Å²) in [6.07, 6.45) is 19.0. The van der Waals surface area contributed by atoms with Crippen LogP contribution in [0.2, 0.25) is 0 Å². The first kappa shape index (κ1) is 32.0. The third kappa shape index (κ3) is 11.1. The van der Waals surface area contributed by atoms with Crippen molar-refractivity contribution in [2.45, 2.75) is 129 Å². The second-order valence-electron chi connectivity index (χ2n) is 11.8. The molecule has 3 aliphatic rings. The number of carboxylic acid groups (broad SMARTS) is 1. The Morgan fingerprint density at radius 2 is 1.77 bits per heavy atom. The minimum Gasteiger partial charge on any atom is -0.481 e. The van der Waals surface area contributed by atoms with E-state index < -0.39 is 5.97 Å². The van der Waals surface area contributed by atoms with Crippen LogP contribution >= 0.6 is 0 Å². The van der Waals surface area contributed by atoms with Gasteiger partial charge < -0.3 is 24.1 Å². The summed E-state index contributed by atoms with van der Waals surface area (Å²) in [5, 5.41) is 8.97. The van der Waals surface area contributed by atoms with Crippen LogP contribution in [0.15, 0.2) is 24.3 Å². The lowest BCUT2D eigenvalue weighted by Crippen LogP contribution is -2.32. The van der Waals surface area contributed by atoms with Gasteiger partial charge in [-0.05, 0) is 69.6 Å². The van der Waals surface area contributed by atoms with Gasteiger partial charge in [0, 0.05) is 37.9 Å². The van der Waals surface area contributed by atoms with E-state index in [9.17, 15) is 9.59 Å². The second-order valence-corrected chi connectivity index (χ2v) is 11.8. The average molecular weight is 549 g/mol. The van der Waals surface area contributed by atoms with Crippen molar-refractivity contribution in [3.8, 4) is 0 Å². The van der Waals surface area contributed by atoms with Gasteiger partial charge in [-0.3, -0.25) is 9.59 Å². The lowest BCUT2D eigenvalue weighted by atomic mass is 9.88. The van der Waals surface area contributed by atoms with Crippen LogP contribution < -0.4 is 0 Å². The normalized spacial score (nSPS) is 30.6. The highest BCUT2D eigenvalue weighted by molar-refractivity contribution is 5.85. The van der Waals surface area contributed by atoms with Crippen molar-refractivity contribution in [3.05, 3.63) is 24.3 Å². The van der Waals surface area contributed by atoms with Crippen LogP contribution in [0, 0.1) is 23.7 Å². The van der Waals surface area contributed by atoms with Crippen molar-refractivity contribution >= 4 is 11.8 Å². The molecular formula is C32H52O7. The Kier molecular flexibility index (Phi) is 14.2. The van der Waals surface area contributed by atoms with E-state index >= 15 is 0 Å². The summed E-state index contributed by atoms with van der Waals surface area (Å²) < 4.78 is 24.7. The number of carbonyl (C=O) groups is 2. The quantitative estimate of drug-likeness (QED) is 0.211. The number of carbonyl (C=O) groups excluding carboxylic acids is 1. The molecule has 3 fully saturated rings. The third-order valence-corrected chi connectivity index (χ3v) is 8.39. The first-order chi connectivity index (χ1) is 18.9. The molecule has 0 spiro atoms. The smallest absolute Gasteiger partial charge is 0.303 e. The van der Waals surface area contributed by atoms with Crippen LogP contribution in [-0.2, 0) is 28.5 Å². The molecule has 2 heterocycles. The zero-order chi connectivity index (χ0) is 28.0. The van der Waals surface area contributed by atoms with Gasteiger partial charge in [0.25, 0.3) is 0 Å². The van der Waals surface area contributed by atoms with Crippen molar-refractivity contribution in [2.75, 3.05) is 13.2 Å². The molecule has 0 bridgehead atoms. The predicted molar refractivity (Wildman–Crippen MR) is 151 cm³/mol. The maximum Gasteiger partial charge on any atom is 0.303 e. The largest absolute Gasteiger partial charge is 0.481 e. The van der Waals surface area contributed by atoms with Gasteiger partial charge in [0.05, 0.1) is 12.2 Å². The monoisotopic (exact) mass is 548 g/mol. The molecule has 7 heteroatoms. The number of aliphatic carboxylic acids is 1. The predicted octanol–water partition coefficient (Wildman–Crippen LogP) is 6.84. The van der Waals surface area contributed by atoms with Gasteiger partial charge in [-0.2, -0.15) is 0 Å². The van der Waals surface area contributed by atoms with Crippen LogP contribution in [0.25, 0.3) is 0 Å². The maximum absolute atomic E-state index is 13.2. The molecule has 2 aliphatic heterocycles. The van der Waals surface area contributed by atoms with Gasteiger partial charge in [-0.25, -0.2) is 0 Å². The summed E-state index contributed by atoms with van der Waals surface area (Å²) in [7, 11) is 0. The van der Waals surface area contributed by atoms with E-state index in [1.807, 2.05) is 6.92 Å². The molecule has 0 amide bonds. The van der Waals surface area contributed by atoms with Crippen molar-refractivity contribution in [2.24, 2.45) is 23.7 Å². The van der Waals surface area contributed by atoms with Gasteiger partial charge in [0.2, 0.25) is 0 Å². The lowest BCUT2D eigenvalue weighted by molar-refractivity contribution is -0.193. The number of allylic oxidation sites excluding steroid dienone is 2. The highest BCUT2D eigenvalue weighted by Gasteiger charge is 2.42. The van der Waals surface area contributed by atoms with Crippen molar-refractivity contribution in [1.29, 1.82) is 0 Å². The number of hydrogen-bond donors (Lipinski definition) is 1. The summed E-state index contributed by atoms with van der Waals surface area (Å²) in [4.78, 5) is 24.2. The molecule has 2 saturated heterocycles. The fraction of sp³-hybridized carbons (Fsp3) is 0.812. The Labute approximate surface area is 235 Å². The third-order valence-electron chi connectivity index (χ3n) is 8.39. The van der Waals surface area contributed by atoms with E-state index in [-0.39, 0.29) is 54.7 Å². The van der Waals surface area contributed by atoms with Crippen LogP contribution in [0.4, 0.5) is 0 Å². The summed E-state index contributed by atoms with van der Waals surface area (Å²) in [5.74, 6) is -0.283. The van der Waals surface area contributed by atoms with Gasteiger partial charge >= 0.3 is 5.97 Å². The number of unbranched alkanes of at least 4 members (excludes halogenated alkanes) is 1. The molecule has 1 N–H and O–H groups in total. The average Bonchev–Trinajstić information content (AvgIpc) is 3.22. The number of rotatable bonds is 16. The molecule has 0 aromatic heterocycles. The summed E-state index contributed by atoms with van der Waals surface area (Å²) in [6, 6.07) is 0. The van der Waals surface area contributed by atoms with E-state index in [1.165, 1.54) is 0 Å². The van der Waals surface area contributed by atoms with E-state index in [0.717, 1.165) is 64.4 Å². The van der Waals surface area contributed by atoms with Crippen LogP contribution in [0.1, 0.15) is 104 Å². The Morgan fingerprint density at radius 1 is 1.05 bits per heavy atom. The standard InChI is InChI=1S/C32H52O7/c1-4-5-12-24(3)28(38-31-14-6-8-20-36-31)18-17-26-25(13-10-11-23(2)16-19-30(34)35)27(33)22-29(26)39-32-15-7-9-21-37-32/h10-11,17-18,23-26,28-29,31-32H,4-9,12-16,19-22H2,1-3H3,(H,34,35)/b11-10-,18-17+/t23?,24-,25-,26-,28-,29-,31?,32?/m1/s1. The second kappa shape index (κ2) is 17.3. The SMILES string of the molecule is CCCC[C@@H](C)[C@@H](/C=C/[C@H]1[C@H](OC2CCCCO2)CC(=O)[C@@H]1C/C=C\C(C)CCC(=O)O)OC1CCCCO1. The number of ether oxygens (including phenoxy) is 4. The zero-order valence-electron chi connectivity index (χ0n) is 24.4. The summed E-state index contributed by atoms with van der Waals surface area (Å²) in [6.45, 7) is 7.93. The van der Waals surface area contributed by atoms with Gasteiger partial charge in [-0.15, -0.1) is 0 Å². The molecular weight excluding hydrogens is 496 g/mol. The molecule has 3 unspecified atom stereocenters. The molecule has 1 saturated carbocycles. The number of Topliss-reactive ketones (excluding diaryl/α,β-unsaturated/α-hetero) is 1. The van der Waals surface area contributed by atoms with Crippen LogP contribution in [0.5, 0.6) is 0 Å². The highest BCUT2D eigenvalue weighted by atomic mass is 16.7. The Morgan fingerprint density at radius 3 is 2.41 bits per heavy atom. The fourth-order valence-electron chi connectivity index (χ4n) is 5.85. The minimum atomic E-state index is -0.778. The summed E-state index contributed by atoms with van der Waals surface area (Å²) in [5.41, 5.74) is 0. The minimum absolute atomic E-state index is 0.0567. The molecule has 39 heavy (non-hydrogen) atoms. The van der Waals surface area contributed by atoms with E-state index in [4.69, 9.17) is 24.1 Å². The number of carboxylic acids is 1. The molecule has 3 rings (SSSR count). The van der Waals surface area contributed by atoms with Crippen LogP contribution in [0.3, 0.4) is 0 Å². The van der Waals surface area contributed by atoms with E-state index in [0.29, 0.717) is 31.8 Å². The Bertz CT molecular complexity index is 781. The molecule has 1 aliphatic carbocycles. The Hall–Kier alpha value is -1.54. The van der Waals surface area contributed by atoms with Gasteiger partial charge in [-0.1, -0.05) is 57.9 Å².